The summed E-state index contributed by atoms with van der Waals surface area (Å²) in [5.74, 6) is 1.16. The third kappa shape index (κ3) is 5.92. The molecule has 0 atom stereocenters. The van der Waals surface area contributed by atoms with E-state index in [9.17, 15) is 4.79 Å². The van der Waals surface area contributed by atoms with Crippen molar-refractivity contribution in [2.75, 3.05) is 27.2 Å². The number of rotatable bonds is 6. The fraction of sp³-hybridized carbons (Fsp3) is 0.688. The molecule has 1 rings (SSSR count). The Bertz CT molecular complexity index is 559. The predicted octanol–water partition coefficient (Wildman–Crippen LogP) is 0.816. The van der Waals surface area contributed by atoms with Crippen molar-refractivity contribution in [2.45, 2.75) is 34.2 Å². The summed E-state index contributed by atoms with van der Waals surface area (Å²) in [6.45, 7) is 9.84. The van der Waals surface area contributed by atoms with E-state index in [0.29, 0.717) is 18.4 Å². The van der Waals surface area contributed by atoms with E-state index in [0.717, 1.165) is 23.5 Å². The van der Waals surface area contributed by atoms with Gasteiger partial charge in [-0.3, -0.25) is 9.48 Å². The molecule has 0 saturated heterocycles. The third-order valence-corrected chi connectivity index (χ3v) is 3.64. The van der Waals surface area contributed by atoms with Gasteiger partial charge in [0.05, 0.1) is 18.8 Å². The van der Waals surface area contributed by atoms with Gasteiger partial charge in [0.1, 0.15) is 0 Å². The van der Waals surface area contributed by atoms with Crippen LogP contribution in [0, 0.1) is 19.8 Å². The van der Waals surface area contributed by atoms with Crippen molar-refractivity contribution in [1.29, 1.82) is 0 Å². The van der Waals surface area contributed by atoms with Gasteiger partial charge in [0.15, 0.2) is 5.96 Å². The third-order valence-electron chi connectivity index (χ3n) is 3.64. The van der Waals surface area contributed by atoms with Gasteiger partial charge in [-0.25, -0.2) is 4.99 Å². The Morgan fingerprint density at radius 3 is 2.43 bits per heavy atom. The lowest BCUT2D eigenvalue weighted by molar-refractivity contribution is -0.127. The maximum absolute atomic E-state index is 11.7. The van der Waals surface area contributed by atoms with E-state index in [1.165, 1.54) is 0 Å². The Morgan fingerprint density at radius 2 is 1.96 bits per heavy atom. The van der Waals surface area contributed by atoms with Crippen LogP contribution in [-0.4, -0.2) is 53.7 Å². The Morgan fingerprint density at radius 1 is 1.30 bits per heavy atom. The molecule has 7 nitrogen and oxygen atoms in total. The van der Waals surface area contributed by atoms with Crippen LogP contribution >= 0.6 is 0 Å². The first kappa shape index (κ1) is 19.0. The summed E-state index contributed by atoms with van der Waals surface area (Å²) in [6, 6.07) is 0. The summed E-state index contributed by atoms with van der Waals surface area (Å²) < 4.78 is 1.87. The number of aromatic nitrogens is 2. The standard InChI is InChI=1S/C16H30N6O/c1-11(2)8-17-16(19-10-15(23)21(5)6)18-9-14-12(3)20-22(7)13(14)4/h11H,8-10H2,1-7H3,(H2,17,18,19). The molecule has 0 radical (unpaired) electrons. The molecule has 0 aromatic carbocycles. The van der Waals surface area contributed by atoms with Crippen molar-refractivity contribution >= 4 is 11.9 Å². The Hall–Kier alpha value is -2.05. The van der Waals surface area contributed by atoms with E-state index in [4.69, 9.17) is 0 Å². The second kappa shape index (κ2) is 8.55. The summed E-state index contributed by atoms with van der Waals surface area (Å²) in [7, 11) is 5.41. The summed E-state index contributed by atoms with van der Waals surface area (Å²) in [5, 5.41) is 10.8. The molecule has 23 heavy (non-hydrogen) atoms. The fourth-order valence-electron chi connectivity index (χ4n) is 2.00. The largest absolute Gasteiger partial charge is 0.356 e. The number of carbonyl (C=O) groups is 1. The van der Waals surface area contributed by atoms with E-state index in [1.54, 1.807) is 19.0 Å². The second-order valence-corrected chi connectivity index (χ2v) is 6.35. The van der Waals surface area contributed by atoms with Gasteiger partial charge in [0.25, 0.3) is 0 Å². The summed E-state index contributed by atoms with van der Waals surface area (Å²) in [6.07, 6.45) is 0. The number of aliphatic imine (C=N–C) groups is 1. The van der Waals surface area contributed by atoms with Crippen molar-refractivity contribution in [1.82, 2.24) is 25.3 Å². The SMILES string of the molecule is Cc1nn(C)c(C)c1CN=C(NCC(=O)N(C)C)NCC(C)C. The van der Waals surface area contributed by atoms with Crippen molar-refractivity contribution < 1.29 is 4.79 Å². The molecule has 7 heteroatoms. The van der Waals surface area contributed by atoms with Crippen LogP contribution in [0.15, 0.2) is 4.99 Å². The monoisotopic (exact) mass is 322 g/mol. The molecule has 0 saturated carbocycles. The topological polar surface area (TPSA) is 74.5 Å². The smallest absolute Gasteiger partial charge is 0.241 e. The molecular formula is C16H30N6O. The second-order valence-electron chi connectivity index (χ2n) is 6.35. The van der Waals surface area contributed by atoms with Crippen molar-refractivity contribution in [2.24, 2.45) is 18.0 Å². The van der Waals surface area contributed by atoms with Gasteiger partial charge in [-0.1, -0.05) is 13.8 Å². The summed E-state index contributed by atoms with van der Waals surface area (Å²) >= 11 is 0. The number of likely N-dealkylation sites (N-methyl/N-ethyl adjacent to an activating group) is 1. The molecule has 1 aromatic heterocycles. The zero-order valence-corrected chi connectivity index (χ0v) is 15.4. The van der Waals surface area contributed by atoms with Crippen LogP contribution in [0.1, 0.15) is 30.8 Å². The lowest BCUT2D eigenvalue weighted by Crippen LogP contribution is -2.44. The van der Waals surface area contributed by atoms with E-state index >= 15 is 0 Å². The highest BCUT2D eigenvalue weighted by atomic mass is 16.2. The van der Waals surface area contributed by atoms with E-state index in [2.05, 4.69) is 34.6 Å². The van der Waals surface area contributed by atoms with E-state index < -0.39 is 0 Å². The average molecular weight is 322 g/mol. The van der Waals surface area contributed by atoms with Crippen molar-refractivity contribution in [3.8, 4) is 0 Å². The minimum absolute atomic E-state index is 0.0118. The maximum atomic E-state index is 11.7. The minimum Gasteiger partial charge on any atom is -0.356 e. The fourth-order valence-corrected chi connectivity index (χ4v) is 2.00. The van der Waals surface area contributed by atoms with Crippen LogP contribution in [0.25, 0.3) is 0 Å². The van der Waals surface area contributed by atoms with Gasteiger partial charge < -0.3 is 15.5 Å². The first-order valence-corrected chi connectivity index (χ1v) is 7.93. The minimum atomic E-state index is 0.0118. The highest BCUT2D eigenvalue weighted by Crippen LogP contribution is 2.12. The number of hydrogen-bond donors (Lipinski definition) is 2. The molecule has 0 bridgehead atoms. The number of guanidine groups is 1. The molecule has 0 aliphatic heterocycles. The highest BCUT2D eigenvalue weighted by molar-refractivity contribution is 5.86. The van der Waals surface area contributed by atoms with Gasteiger partial charge in [-0.05, 0) is 19.8 Å². The van der Waals surface area contributed by atoms with Crippen molar-refractivity contribution in [3.05, 3.63) is 17.0 Å². The molecule has 1 heterocycles. The number of aryl methyl sites for hydroxylation is 2. The zero-order valence-electron chi connectivity index (χ0n) is 15.4. The Balaban J connectivity index is 2.79. The molecule has 0 fully saturated rings. The molecule has 0 spiro atoms. The zero-order chi connectivity index (χ0) is 17.6. The normalized spacial score (nSPS) is 11.7. The van der Waals surface area contributed by atoms with Gasteiger partial charge in [-0.15, -0.1) is 0 Å². The summed E-state index contributed by atoms with van der Waals surface area (Å²) in [5.41, 5.74) is 3.22. The first-order chi connectivity index (χ1) is 10.7. The first-order valence-electron chi connectivity index (χ1n) is 7.93. The molecule has 0 unspecified atom stereocenters. The molecular weight excluding hydrogens is 292 g/mol. The lowest BCUT2D eigenvalue weighted by atomic mass is 10.2. The molecule has 1 amide bonds. The number of nitrogens with zero attached hydrogens (tertiary/aromatic N) is 4. The van der Waals surface area contributed by atoms with Gasteiger partial charge in [0, 0.05) is 38.9 Å². The summed E-state index contributed by atoms with van der Waals surface area (Å²) in [4.78, 5) is 17.9. The maximum Gasteiger partial charge on any atom is 0.241 e. The Labute approximate surface area is 139 Å². The van der Waals surface area contributed by atoms with Gasteiger partial charge in [0.2, 0.25) is 5.91 Å². The number of nitrogens with one attached hydrogen (secondary N) is 2. The van der Waals surface area contributed by atoms with Crippen LogP contribution in [0.3, 0.4) is 0 Å². The number of hydrogen-bond acceptors (Lipinski definition) is 3. The van der Waals surface area contributed by atoms with Crippen LogP contribution in [0.5, 0.6) is 0 Å². The van der Waals surface area contributed by atoms with Crippen LogP contribution in [-0.2, 0) is 18.4 Å². The van der Waals surface area contributed by atoms with Crippen molar-refractivity contribution in [3.63, 3.8) is 0 Å². The van der Waals surface area contributed by atoms with E-state index in [-0.39, 0.29) is 12.5 Å². The number of carbonyl (C=O) groups excluding carboxylic acids is 1. The van der Waals surface area contributed by atoms with Crippen LogP contribution < -0.4 is 10.6 Å². The molecule has 1 aromatic rings. The molecule has 130 valence electrons. The Kier molecular flexibility index (Phi) is 7.06. The molecule has 0 aliphatic carbocycles. The highest BCUT2D eigenvalue weighted by Gasteiger charge is 2.10. The molecule has 0 aliphatic rings. The predicted molar refractivity (Wildman–Crippen MR) is 93.4 cm³/mol. The number of amides is 1. The lowest BCUT2D eigenvalue weighted by Gasteiger charge is -2.16. The van der Waals surface area contributed by atoms with Crippen LogP contribution in [0.4, 0.5) is 0 Å². The van der Waals surface area contributed by atoms with Gasteiger partial charge in [-0.2, -0.15) is 5.10 Å². The average Bonchev–Trinajstić information content (AvgIpc) is 2.71. The molecule has 2 N–H and O–H groups in total. The van der Waals surface area contributed by atoms with Gasteiger partial charge >= 0.3 is 0 Å². The quantitative estimate of drug-likeness (QED) is 0.600. The van der Waals surface area contributed by atoms with E-state index in [1.807, 2.05) is 25.6 Å². The van der Waals surface area contributed by atoms with Crippen LogP contribution in [0.2, 0.25) is 0 Å².